The Morgan fingerprint density at radius 2 is 2.06 bits per heavy atom. The van der Waals surface area contributed by atoms with Gasteiger partial charge in [-0.1, -0.05) is 24.6 Å². The van der Waals surface area contributed by atoms with Crippen molar-refractivity contribution in [3.63, 3.8) is 0 Å². The molecule has 0 amide bonds. The summed E-state index contributed by atoms with van der Waals surface area (Å²) in [5, 5.41) is 9.24. The third kappa shape index (κ3) is 1.92. The largest absolute Gasteiger partial charge is 0.481 e. The Morgan fingerprint density at radius 3 is 2.47 bits per heavy atom. The van der Waals surface area contributed by atoms with E-state index >= 15 is 0 Å². The Labute approximate surface area is 98.3 Å². The standard InChI is InChI=1S/C13H14F2O2/c1-12(14,15)9-4-2-5-10(8-9)13(11(16)17)6-3-7-13/h2,4-5,8H,3,6-7H2,1H3,(H,16,17). The van der Waals surface area contributed by atoms with Crippen molar-refractivity contribution < 1.29 is 18.7 Å². The van der Waals surface area contributed by atoms with Gasteiger partial charge in [-0.2, -0.15) is 0 Å². The number of alkyl halides is 2. The molecule has 92 valence electrons. The van der Waals surface area contributed by atoms with Crippen molar-refractivity contribution in [3.8, 4) is 0 Å². The highest BCUT2D eigenvalue weighted by Crippen LogP contribution is 2.45. The molecule has 0 aliphatic heterocycles. The van der Waals surface area contributed by atoms with Gasteiger partial charge >= 0.3 is 5.97 Å². The number of benzene rings is 1. The molecule has 2 rings (SSSR count). The number of rotatable bonds is 3. The van der Waals surface area contributed by atoms with Gasteiger partial charge in [0.2, 0.25) is 0 Å². The van der Waals surface area contributed by atoms with Crippen molar-refractivity contribution in [1.29, 1.82) is 0 Å². The van der Waals surface area contributed by atoms with Crippen molar-refractivity contribution in [2.45, 2.75) is 37.5 Å². The minimum Gasteiger partial charge on any atom is -0.481 e. The van der Waals surface area contributed by atoms with Crippen LogP contribution in [-0.2, 0) is 16.1 Å². The lowest BCUT2D eigenvalue weighted by Crippen LogP contribution is -2.42. The lowest BCUT2D eigenvalue weighted by Gasteiger charge is -2.38. The van der Waals surface area contributed by atoms with Crippen LogP contribution in [0, 0.1) is 0 Å². The second kappa shape index (κ2) is 3.79. The minimum absolute atomic E-state index is 0.123. The van der Waals surface area contributed by atoms with Crippen LogP contribution in [0.4, 0.5) is 8.78 Å². The molecule has 1 fully saturated rings. The number of halogens is 2. The van der Waals surface area contributed by atoms with E-state index in [1.807, 2.05) is 0 Å². The summed E-state index contributed by atoms with van der Waals surface area (Å²) in [5.41, 5.74) is -0.570. The van der Waals surface area contributed by atoms with Crippen LogP contribution in [0.2, 0.25) is 0 Å². The highest BCUT2D eigenvalue weighted by atomic mass is 19.3. The van der Waals surface area contributed by atoms with E-state index < -0.39 is 17.3 Å². The summed E-state index contributed by atoms with van der Waals surface area (Å²) in [6.07, 6.45) is 1.89. The molecule has 4 heteroatoms. The summed E-state index contributed by atoms with van der Waals surface area (Å²) in [7, 11) is 0. The Morgan fingerprint density at radius 1 is 1.41 bits per heavy atom. The quantitative estimate of drug-likeness (QED) is 0.880. The van der Waals surface area contributed by atoms with E-state index in [4.69, 9.17) is 0 Å². The summed E-state index contributed by atoms with van der Waals surface area (Å²) in [6, 6.07) is 5.79. The molecule has 1 aliphatic carbocycles. The van der Waals surface area contributed by atoms with Crippen LogP contribution >= 0.6 is 0 Å². The van der Waals surface area contributed by atoms with Gasteiger partial charge in [0.1, 0.15) is 0 Å². The smallest absolute Gasteiger partial charge is 0.314 e. The van der Waals surface area contributed by atoms with Crippen LogP contribution in [0.3, 0.4) is 0 Å². The Bertz CT molecular complexity index is 445. The van der Waals surface area contributed by atoms with Gasteiger partial charge in [-0.15, -0.1) is 0 Å². The summed E-state index contributed by atoms with van der Waals surface area (Å²) < 4.78 is 26.4. The van der Waals surface area contributed by atoms with E-state index in [9.17, 15) is 18.7 Å². The van der Waals surface area contributed by atoms with Crippen LogP contribution in [0.15, 0.2) is 24.3 Å². The molecule has 2 nitrogen and oxygen atoms in total. The number of carbonyl (C=O) groups is 1. The third-order valence-electron chi connectivity index (χ3n) is 3.54. The summed E-state index contributed by atoms with van der Waals surface area (Å²) in [4.78, 5) is 11.3. The first-order valence-electron chi connectivity index (χ1n) is 5.58. The summed E-state index contributed by atoms with van der Waals surface area (Å²) >= 11 is 0. The van der Waals surface area contributed by atoms with Crippen LogP contribution < -0.4 is 0 Å². The number of hydrogen-bond donors (Lipinski definition) is 1. The minimum atomic E-state index is -2.93. The number of aliphatic carboxylic acids is 1. The third-order valence-corrected chi connectivity index (χ3v) is 3.54. The zero-order chi connectivity index (χ0) is 12.7. The average Bonchev–Trinajstić information content (AvgIpc) is 2.14. The van der Waals surface area contributed by atoms with E-state index in [0.29, 0.717) is 18.4 Å². The zero-order valence-corrected chi connectivity index (χ0v) is 9.54. The average molecular weight is 240 g/mol. The fourth-order valence-corrected chi connectivity index (χ4v) is 2.25. The molecule has 1 N–H and O–H groups in total. The summed E-state index contributed by atoms with van der Waals surface area (Å²) in [5.74, 6) is -3.85. The van der Waals surface area contributed by atoms with E-state index in [1.165, 1.54) is 18.2 Å². The molecule has 17 heavy (non-hydrogen) atoms. The zero-order valence-electron chi connectivity index (χ0n) is 9.54. The van der Waals surface area contributed by atoms with Crippen LogP contribution in [0.25, 0.3) is 0 Å². The van der Waals surface area contributed by atoms with E-state index in [2.05, 4.69) is 0 Å². The molecule has 0 aromatic heterocycles. The van der Waals surface area contributed by atoms with Crippen LogP contribution in [0.5, 0.6) is 0 Å². The second-order valence-electron chi connectivity index (χ2n) is 4.71. The molecule has 1 saturated carbocycles. The van der Waals surface area contributed by atoms with Gasteiger partial charge in [-0.3, -0.25) is 4.79 Å². The van der Waals surface area contributed by atoms with Gasteiger partial charge in [0.15, 0.2) is 0 Å². The maximum absolute atomic E-state index is 13.2. The van der Waals surface area contributed by atoms with Gasteiger partial charge in [-0.05, 0) is 24.5 Å². The molecular formula is C13H14F2O2. The fraction of sp³-hybridized carbons (Fsp3) is 0.462. The Balaban J connectivity index is 2.43. The topological polar surface area (TPSA) is 37.3 Å². The van der Waals surface area contributed by atoms with Gasteiger partial charge in [0.05, 0.1) is 5.41 Å². The predicted molar refractivity (Wildman–Crippen MR) is 59.2 cm³/mol. The molecule has 0 bridgehead atoms. The predicted octanol–water partition coefficient (Wildman–Crippen LogP) is 3.30. The molecule has 0 atom stereocenters. The second-order valence-corrected chi connectivity index (χ2v) is 4.71. The van der Waals surface area contributed by atoms with Crippen molar-refractivity contribution in [1.82, 2.24) is 0 Å². The Hall–Kier alpha value is -1.45. The van der Waals surface area contributed by atoms with E-state index in [1.54, 1.807) is 6.07 Å². The van der Waals surface area contributed by atoms with Crippen molar-refractivity contribution >= 4 is 5.97 Å². The Kier molecular flexibility index (Phi) is 2.68. The maximum atomic E-state index is 13.2. The van der Waals surface area contributed by atoms with Gasteiger partial charge in [0, 0.05) is 12.5 Å². The van der Waals surface area contributed by atoms with Gasteiger partial charge < -0.3 is 5.11 Å². The molecule has 0 spiro atoms. The molecule has 0 unspecified atom stereocenters. The van der Waals surface area contributed by atoms with Gasteiger partial charge in [-0.25, -0.2) is 8.78 Å². The SMILES string of the molecule is CC(F)(F)c1cccc(C2(C(=O)O)CCC2)c1. The normalized spacial score (nSPS) is 18.5. The lowest BCUT2D eigenvalue weighted by molar-refractivity contribution is -0.147. The molecule has 1 aromatic carbocycles. The molecular weight excluding hydrogens is 226 g/mol. The number of carboxylic acids is 1. The highest BCUT2D eigenvalue weighted by Gasteiger charge is 2.46. The number of hydrogen-bond acceptors (Lipinski definition) is 1. The number of carboxylic acid groups (broad SMARTS) is 1. The van der Waals surface area contributed by atoms with Crippen molar-refractivity contribution in [3.05, 3.63) is 35.4 Å². The first-order valence-corrected chi connectivity index (χ1v) is 5.58. The molecule has 1 aromatic rings. The van der Waals surface area contributed by atoms with E-state index in [-0.39, 0.29) is 5.56 Å². The van der Waals surface area contributed by atoms with Crippen molar-refractivity contribution in [2.24, 2.45) is 0 Å². The van der Waals surface area contributed by atoms with E-state index in [0.717, 1.165) is 13.3 Å². The fourth-order valence-electron chi connectivity index (χ4n) is 2.25. The van der Waals surface area contributed by atoms with Crippen molar-refractivity contribution in [2.75, 3.05) is 0 Å². The lowest BCUT2D eigenvalue weighted by atomic mass is 9.64. The van der Waals surface area contributed by atoms with Gasteiger partial charge in [0.25, 0.3) is 5.92 Å². The maximum Gasteiger partial charge on any atom is 0.314 e. The van der Waals surface area contributed by atoms with Crippen LogP contribution in [-0.4, -0.2) is 11.1 Å². The summed E-state index contributed by atoms with van der Waals surface area (Å²) in [6.45, 7) is 0.820. The molecule has 0 radical (unpaired) electrons. The molecule has 1 aliphatic rings. The highest BCUT2D eigenvalue weighted by molar-refractivity contribution is 5.82. The van der Waals surface area contributed by atoms with Crippen LogP contribution in [0.1, 0.15) is 37.3 Å². The first-order chi connectivity index (χ1) is 7.86. The molecule has 0 heterocycles. The monoisotopic (exact) mass is 240 g/mol. The first kappa shape index (κ1) is 12.0. The molecule has 0 saturated heterocycles.